The van der Waals surface area contributed by atoms with Crippen molar-refractivity contribution in [2.45, 2.75) is 25.5 Å². The standard InChI is InChI=1S/C15H19NO6S/c1-10(15(18)16-12-5-6-23(19,20)9-12)22-14-7-11(8-17)3-4-13(14)21-2/h3-4,7-8,10,12H,5-6,9H2,1-2H3,(H,16,18)/t10-,12-/m1/s1. The first kappa shape index (κ1) is 17.3. The quantitative estimate of drug-likeness (QED) is 0.760. The maximum atomic E-state index is 12.1. The minimum atomic E-state index is -3.06. The van der Waals surface area contributed by atoms with Gasteiger partial charge in [-0.1, -0.05) is 0 Å². The van der Waals surface area contributed by atoms with Crippen LogP contribution < -0.4 is 14.8 Å². The van der Waals surface area contributed by atoms with Gasteiger partial charge in [-0.05, 0) is 31.5 Å². The molecule has 0 radical (unpaired) electrons. The molecule has 1 fully saturated rings. The molecule has 2 atom stereocenters. The maximum Gasteiger partial charge on any atom is 0.261 e. The van der Waals surface area contributed by atoms with Crippen LogP contribution >= 0.6 is 0 Å². The molecule has 8 heteroatoms. The first-order valence-electron chi connectivity index (χ1n) is 7.15. The van der Waals surface area contributed by atoms with Crippen molar-refractivity contribution >= 4 is 22.0 Å². The molecule has 1 aromatic carbocycles. The van der Waals surface area contributed by atoms with Crippen molar-refractivity contribution in [3.63, 3.8) is 0 Å². The summed E-state index contributed by atoms with van der Waals surface area (Å²) in [5, 5.41) is 2.67. The number of carbonyl (C=O) groups is 2. The van der Waals surface area contributed by atoms with Crippen LogP contribution in [0.3, 0.4) is 0 Å². The molecule has 7 nitrogen and oxygen atoms in total. The SMILES string of the molecule is COc1ccc(C=O)cc1O[C@H](C)C(=O)N[C@@H]1CCS(=O)(=O)C1. The number of amides is 1. The number of hydrogen-bond acceptors (Lipinski definition) is 6. The Labute approximate surface area is 134 Å². The highest BCUT2D eigenvalue weighted by molar-refractivity contribution is 7.91. The van der Waals surface area contributed by atoms with Gasteiger partial charge < -0.3 is 14.8 Å². The van der Waals surface area contributed by atoms with Crippen LogP contribution in [0.1, 0.15) is 23.7 Å². The lowest BCUT2D eigenvalue weighted by Crippen LogP contribution is -2.43. The number of ether oxygens (including phenoxy) is 2. The van der Waals surface area contributed by atoms with E-state index in [1.54, 1.807) is 19.1 Å². The van der Waals surface area contributed by atoms with Crippen molar-refractivity contribution in [2.75, 3.05) is 18.6 Å². The summed E-state index contributed by atoms with van der Waals surface area (Å²) < 4.78 is 33.5. The van der Waals surface area contributed by atoms with Crippen LogP contribution in [0.25, 0.3) is 0 Å². The molecule has 0 aliphatic carbocycles. The van der Waals surface area contributed by atoms with E-state index in [1.807, 2.05) is 0 Å². The topological polar surface area (TPSA) is 98.8 Å². The van der Waals surface area contributed by atoms with Crippen molar-refractivity contribution in [1.29, 1.82) is 0 Å². The van der Waals surface area contributed by atoms with E-state index in [1.165, 1.54) is 13.2 Å². The summed E-state index contributed by atoms with van der Waals surface area (Å²) in [4.78, 5) is 23.0. The average molecular weight is 341 g/mol. The van der Waals surface area contributed by atoms with E-state index in [-0.39, 0.29) is 23.3 Å². The fourth-order valence-corrected chi connectivity index (χ4v) is 4.00. The second-order valence-corrected chi connectivity index (χ2v) is 7.63. The predicted molar refractivity (Wildman–Crippen MR) is 83.7 cm³/mol. The molecule has 0 aromatic heterocycles. The Morgan fingerprint density at radius 1 is 1.39 bits per heavy atom. The summed E-state index contributed by atoms with van der Waals surface area (Å²) in [5.41, 5.74) is 0.398. The summed E-state index contributed by atoms with van der Waals surface area (Å²) in [6.07, 6.45) is 0.222. The van der Waals surface area contributed by atoms with Gasteiger partial charge in [-0.15, -0.1) is 0 Å². The summed E-state index contributed by atoms with van der Waals surface area (Å²) in [6, 6.07) is 4.25. The monoisotopic (exact) mass is 341 g/mol. The molecule has 0 unspecified atom stereocenters. The van der Waals surface area contributed by atoms with Gasteiger partial charge in [0.25, 0.3) is 5.91 Å². The Hall–Kier alpha value is -2.09. The van der Waals surface area contributed by atoms with Crippen LogP contribution in [0.2, 0.25) is 0 Å². The summed E-state index contributed by atoms with van der Waals surface area (Å²) in [7, 11) is -1.60. The smallest absolute Gasteiger partial charge is 0.261 e. The maximum absolute atomic E-state index is 12.1. The molecule has 0 spiro atoms. The Morgan fingerprint density at radius 2 is 2.13 bits per heavy atom. The van der Waals surface area contributed by atoms with E-state index >= 15 is 0 Å². The molecule has 1 N–H and O–H groups in total. The second-order valence-electron chi connectivity index (χ2n) is 5.40. The Morgan fingerprint density at radius 3 is 2.70 bits per heavy atom. The third kappa shape index (κ3) is 4.44. The summed E-state index contributed by atoms with van der Waals surface area (Å²) in [5.74, 6) is 0.306. The van der Waals surface area contributed by atoms with Gasteiger partial charge in [0.1, 0.15) is 6.29 Å². The highest BCUT2D eigenvalue weighted by Crippen LogP contribution is 2.28. The number of nitrogens with one attached hydrogen (secondary N) is 1. The molecule has 1 aliphatic heterocycles. The van der Waals surface area contributed by atoms with Gasteiger partial charge in [-0.25, -0.2) is 8.42 Å². The molecular formula is C15H19NO6S. The van der Waals surface area contributed by atoms with Crippen LogP contribution in [0, 0.1) is 0 Å². The fraction of sp³-hybridized carbons (Fsp3) is 0.467. The second kappa shape index (κ2) is 6.99. The lowest BCUT2D eigenvalue weighted by molar-refractivity contribution is -0.127. The Kier molecular flexibility index (Phi) is 5.25. The minimum Gasteiger partial charge on any atom is -0.493 e. The number of hydrogen-bond donors (Lipinski definition) is 1. The molecule has 1 aliphatic rings. The molecule has 0 bridgehead atoms. The van der Waals surface area contributed by atoms with Crippen molar-refractivity contribution < 1.29 is 27.5 Å². The van der Waals surface area contributed by atoms with Crippen molar-refractivity contribution in [3.8, 4) is 11.5 Å². The Balaban J connectivity index is 2.02. The fourth-order valence-electron chi connectivity index (χ4n) is 2.33. The third-order valence-electron chi connectivity index (χ3n) is 3.58. The molecule has 1 aromatic rings. The van der Waals surface area contributed by atoms with Gasteiger partial charge >= 0.3 is 0 Å². The molecule has 1 heterocycles. The first-order chi connectivity index (χ1) is 10.8. The zero-order chi connectivity index (χ0) is 17.0. The molecule has 0 saturated carbocycles. The number of carbonyl (C=O) groups excluding carboxylic acids is 2. The number of rotatable bonds is 6. The van der Waals surface area contributed by atoms with E-state index in [4.69, 9.17) is 9.47 Å². The van der Waals surface area contributed by atoms with E-state index in [0.29, 0.717) is 24.0 Å². The van der Waals surface area contributed by atoms with Crippen molar-refractivity contribution in [1.82, 2.24) is 5.32 Å². The average Bonchev–Trinajstić information content (AvgIpc) is 2.85. The molecular weight excluding hydrogens is 322 g/mol. The zero-order valence-electron chi connectivity index (χ0n) is 12.9. The highest BCUT2D eigenvalue weighted by atomic mass is 32.2. The van der Waals surface area contributed by atoms with Gasteiger partial charge in [0.2, 0.25) is 0 Å². The van der Waals surface area contributed by atoms with E-state index in [2.05, 4.69) is 5.32 Å². The first-order valence-corrected chi connectivity index (χ1v) is 8.97. The Bertz CT molecular complexity index is 700. The van der Waals surface area contributed by atoms with Crippen molar-refractivity contribution in [2.24, 2.45) is 0 Å². The zero-order valence-corrected chi connectivity index (χ0v) is 13.8. The van der Waals surface area contributed by atoms with Gasteiger partial charge in [-0.3, -0.25) is 9.59 Å². The molecule has 23 heavy (non-hydrogen) atoms. The number of methoxy groups -OCH3 is 1. The van der Waals surface area contributed by atoms with Crippen LogP contribution in [0.15, 0.2) is 18.2 Å². The molecule has 1 saturated heterocycles. The summed E-state index contributed by atoms with van der Waals surface area (Å²) in [6.45, 7) is 1.55. The number of sulfone groups is 1. The van der Waals surface area contributed by atoms with Gasteiger partial charge in [0.15, 0.2) is 27.4 Å². The normalized spacial score (nSPS) is 20.5. The van der Waals surface area contributed by atoms with Gasteiger partial charge in [0, 0.05) is 11.6 Å². The number of aldehydes is 1. The summed E-state index contributed by atoms with van der Waals surface area (Å²) >= 11 is 0. The van der Waals surface area contributed by atoms with Crippen LogP contribution in [0.4, 0.5) is 0 Å². The van der Waals surface area contributed by atoms with Gasteiger partial charge in [0.05, 0.1) is 18.6 Å². The molecule has 1 amide bonds. The van der Waals surface area contributed by atoms with Crippen molar-refractivity contribution in [3.05, 3.63) is 23.8 Å². The third-order valence-corrected chi connectivity index (χ3v) is 5.34. The minimum absolute atomic E-state index is 0.0462. The van der Waals surface area contributed by atoms with E-state index in [9.17, 15) is 18.0 Å². The van der Waals surface area contributed by atoms with E-state index in [0.717, 1.165) is 0 Å². The lowest BCUT2D eigenvalue weighted by Gasteiger charge is -2.19. The molecule has 126 valence electrons. The van der Waals surface area contributed by atoms with Crippen LogP contribution in [0.5, 0.6) is 11.5 Å². The van der Waals surface area contributed by atoms with Gasteiger partial charge in [-0.2, -0.15) is 0 Å². The largest absolute Gasteiger partial charge is 0.493 e. The lowest BCUT2D eigenvalue weighted by atomic mass is 10.2. The molecule has 2 rings (SSSR count). The predicted octanol–water partition coefficient (Wildman–Crippen LogP) is 0.578. The van der Waals surface area contributed by atoms with E-state index < -0.39 is 21.8 Å². The van der Waals surface area contributed by atoms with Crippen LogP contribution in [-0.4, -0.2) is 51.4 Å². The number of benzene rings is 1. The van der Waals surface area contributed by atoms with Crippen LogP contribution in [-0.2, 0) is 14.6 Å². The highest BCUT2D eigenvalue weighted by Gasteiger charge is 2.30.